The van der Waals surface area contributed by atoms with Crippen molar-refractivity contribution in [3.63, 3.8) is 0 Å². The van der Waals surface area contributed by atoms with Crippen molar-refractivity contribution in [2.75, 3.05) is 6.61 Å². The van der Waals surface area contributed by atoms with E-state index in [1.165, 1.54) is 25.7 Å². The number of hydrogen-bond donors (Lipinski definition) is 3. The summed E-state index contributed by atoms with van der Waals surface area (Å²) in [5.41, 5.74) is 0. The normalized spacial score (nSPS) is 8.79. The summed E-state index contributed by atoms with van der Waals surface area (Å²) >= 11 is 0. The van der Waals surface area contributed by atoms with Crippen molar-refractivity contribution in [1.29, 1.82) is 0 Å². The highest BCUT2D eigenvalue weighted by Gasteiger charge is 2.17. The molecule has 28 heavy (non-hydrogen) atoms. The van der Waals surface area contributed by atoms with E-state index in [1.807, 2.05) is 33.8 Å². The topological polar surface area (TPSA) is 86.6 Å². The molecule has 3 N–H and O–H groups in total. The summed E-state index contributed by atoms with van der Waals surface area (Å²) in [6, 6.07) is -1.18. The van der Waals surface area contributed by atoms with Gasteiger partial charge in [-0.25, -0.2) is 4.79 Å². The fraction of sp³-hybridized carbons (Fsp3) is 0.565. The molecular weight excluding hydrogens is 354 g/mol. The number of unbranched alkanes of at least 4 members (excludes halogenated alkanes) is 3. The minimum Gasteiger partial charge on any atom is -0.480 e. The van der Waals surface area contributed by atoms with Crippen LogP contribution in [0.15, 0.2) is 50.6 Å². The molecule has 5 heteroatoms. The van der Waals surface area contributed by atoms with Crippen LogP contribution in [-0.2, 0) is 9.59 Å². The second-order valence-electron chi connectivity index (χ2n) is 5.40. The first-order valence-electron chi connectivity index (χ1n) is 9.72. The highest BCUT2D eigenvalue weighted by atomic mass is 16.4. The summed E-state index contributed by atoms with van der Waals surface area (Å²) in [6.07, 6.45) is 13.3. The van der Waals surface area contributed by atoms with Gasteiger partial charge in [0.2, 0.25) is 5.91 Å². The maximum absolute atomic E-state index is 10.8. The van der Waals surface area contributed by atoms with E-state index in [2.05, 4.69) is 38.6 Å². The van der Waals surface area contributed by atoms with Gasteiger partial charge >= 0.3 is 5.97 Å². The molecule has 0 aliphatic rings. The number of nitrogens with one attached hydrogen (secondary N) is 1. The zero-order valence-corrected chi connectivity index (χ0v) is 18.9. The third-order valence-electron chi connectivity index (χ3n) is 2.30. The summed E-state index contributed by atoms with van der Waals surface area (Å²) in [5, 5.41) is 19.1. The van der Waals surface area contributed by atoms with Gasteiger partial charge in [0.15, 0.2) is 0 Å². The highest BCUT2D eigenvalue weighted by molar-refractivity contribution is 5.83. The van der Waals surface area contributed by atoms with Crippen LogP contribution in [-0.4, -0.2) is 34.7 Å². The molecule has 0 saturated carbocycles. The van der Waals surface area contributed by atoms with Gasteiger partial charge in [-0.05, 0) is 40.0 Å². The van der Waals surface area contributed by atoms with Gasteiger partial charge in [0.05, 0.1) is 6.61 Å². The van der Waals surface area contributed by atoms with Gasteiger partial charge in [0, 0.05) is 6.42 Å². The number of hydrogen-bond acceptors (Lipinski definition) is 3. The number of rotatable bonds is 9. The SMILES string of the molecule is C=CC.C=CC.C=CC.C=CCCCCC.CCCC(=O)N[C@@H](CO)C(=O)O. The Morgan fingerprint density at radius 3 is 1.61 bits per heavy atom. The number of amides is 1. The van der Waals surface area contributed by atoms with E-state index in [0.717, 1.165) is 0 Å². The fourth-order valence-corrected chi connectivity index (χ4v) is 1.22. The van der Waals surface area contributed by atoms with Crippen LogP contribution in [0.4, 0.5) is 0 Å². The van der Waals surface area contributed by atoms with Crippen LogP contribution in [0.25, 0.3) is 0 Å². The zero-order chi connectivity index (χ0) is 23.2. The summed E-state index contributed by atoms with van der Waals surface area (Å²) < 4.78 is 0. The minimum atomic E-state index is -1.22. The Balaban J connectivity index is -0.0000000930. The Bertz CT molecular complexity index is 351. The number of carbonyl (C=O) groups is 2. The molecule has 1 atom stereocenters. The number of carboxylic acids is 1. The molecule has 0 bridgehead atoms. The average molecular weight is 400 g/mol. The van der Waals surface area contributed by atoms with E-state index in [9.17, 15) is 9.59 Å². The fourth-order valence-electron chi connectivity index (χ4n) is 1.22. The second-order valence-corrected chi connectivity index (χ2v) is 5.40. The molecule has 0 aliphatic heterocycles. The Kier molecular flexibility index (Phi) is 52.2. The van der Waals surface area contributed by atoms with Gasteiger partial charge in [-0.2, -0.15) is 0 Å². The number of carbonyl (C=O) groups excluding carboxylic acids is 1. The summed E-state index contributed by atoms with van der Waals surface area (Å²) in [7, 11) is 0. The van der Waals surface area contributed by atoms with Crippen molar-refractivity contribution in [3.8, 4) is 0 Å². The maximum atomic E-state index is 10.8. The molecule has 0 radical (unpaired) electrons. The third-order valence-corrected chi connectivity index (χ3v) is 2.30. The van der Waals surface area contributed by atoms with E-state index in [0.29, 0.717) is 6.42 Å². The predicted molar refractivity (Wildman–Crippen MR) is 124 cm³/mol. The lowest BCUT2D eigenvalue weighted by molar-refractivity contribution is -0.142. The quantitative estimate of drug-likeness (QED) is 0.344. The van der Waals surface area contributed by atoms with Gasteiger partial charge in [-0.15, -0.1) is 26.3 Å². The van der Waals surface area contributed by atoms with Gasteiger partial charge < -0.3 is 15.5 Å². The molecule has 1 amide bonds. The van der Waals surface area contributed by atoms with Crippen molar-refractivity contribution in [2.24, 2.45) is 0 Å². The zero-order valence-electron chi connectivity index (χ0n) is 18.9. The smallest absolute Gasteiger partial charge is 0.328 e. The average Bonchev–Trinajstić information content (AvgIpc) is 2.63. The first-order valence-corrected chi connectivity index (χ1v) is 9.72. The van der Waals surface area contributed by atoms with Crippen molar-refractivity contribution < 1.29 is 19.8 Å². The Morgan fingerprint density at radius 2 is 1.36 bits per heavy atom. The molecule has 0 aromatic rings. The predicted octanol–water partition coefficient (Wildman–Crippen LogP) is 5.68. The maximum Gasteiger partial charge on any atom is 0.328 e. The molecule has 0 aliphatic carbocycles. The van der Waals surface area contributed by atoms with Crippen molar-refractivity contribution in [2.45, 2.75) is 79.2 Å². The number of aliphatic carboxylic acids is 1. The monoisotopic (exact) mass is 399 g/mol. The lowest BCUT2D eigenvalue weighted by Crippen LogP contribution is -2.43. The van der Waals surface area contributed by atoms with Crippen LogP contribution >= 0.6 is 0 Å². The molecule has 0 spiro atoms. The molecule has 166 valence electrons. The van der Waals surface area contributed by atoms with E-state index < -0.39 is 18.6 Å². The number of allylic oxidation sites excluding steroid dienone is 4. The standard InChI is InChI=1S/C7H13NO4.C7H14.3C3H6/c1-2-3-6(10)8-5(4-9)7(11)12;1-3-5-7-6-4-2;3*1-3-2/h5,9H,2-4H2,1H3,(H,8,10)(H,11,12);3H,1,4-7H2,2H3;3*3H,1H2,2H3/t5-;;;;/m0..../s1. The van der Waals surface area contributed by atoms with Crippen molar-refractivity contribution in [3.05, 3.63) is 50.6 Å². The van der Waals surface area contributed by atoms with Gasteiger partial charge in [0.25, 0.3) is 0 Å². The van der Waals surface area contributed by atoms with Gasteiger partial charge in [0.1, 0.15) is 6.04 Å². The van der Waals surface area contributed by atoms with E-state index in [-0.39, 0.29) is 12.3 Å². The molecule has 0 unspecified atom stereocenters. The van der Waals surface area contributed by atoms with E-state index >= 15 is 0 Å². The lowest BCUT2D eigenvalue weighted by Gasteiger charge is -2.10. The lowest BCUT2D eigenvalue weighted by atomic mass is 10.2. The Hall–Kier alpha value is -2.14. The van der Waals surface area contributed by atoms with Crippen molar-refractivity contribution >= 4 is 11.9 Å². The minimum absolute atomic E-state index is 0.282. The van der Waals surface area contributed by atoms with Crippen LogP contribution in [0, 0.1) is 0 Å². The van der Waals surface area contributed by atoms with Crippen LogP contribution in [0.5, 0.6) is 0 Å². The number of carboxylic acid groups (broad SMARTS) is 1. The molecule has 0 saturated heterocycles. The molecule has 0 heterocycles. The first kappa shape index (κ1) is 36.7. The number of aliphatic hydroxyl groups excluding tert-OH is 1. The molecule has 0 rings (SSSR count). The van der Waals surface area contributed by atoms with Gasteiger partial charge in [-0.3, -0.25) is 4.79 Å². The first-order chi connectivity index (χ1) is 13.3. The molecule has 5 nitrogen and oxygen atoms in total. The Morgan fingerprint density at radius 1 is 0.929 bits per heavy atom. The molecule has 0 aromatic carbocycles. The summed E-state index contributed by atoms with van der Waals surface area (Å²) in [5.74, 6) is -1.57. The molecule has 0 aromatic heterocycles. The van der Waals surface area contributed by atoms with Crippen LogP contribution in [0.3, 0.4) is 0 Å². The van der Waals surface area contributed by atoms with Crippen LogP contribution in [0.2, 0.25) is 0 Å². The van der Waals surface area contributed by atoms with Gasteiger partial charge in [-0.1, -0.05) is 51.0 Å². The third kappa shape index (κ3) is 56.5. The van der Waals surface area contributed by atoms with Crippen LogP contribution in [0.1, 0.15) is 73.1 Å². The Labute approximate surface area is 173 Å². The summed E-state index contributed by atoms with van der Waals surface area (Å²) in [4.78, 5) is 21.1. The summed E-state index contributed by atoms with van der Waals surface area (Å²) in [6.45, 7) is 22.8. The molecular formula is C23H45NO4. The largest absolute Gasteiger partial charge is 0.480 e. The van der Waals surface area contributed by atoms with E-state index in [1.54, 1.807) is 18.2 Å². The van der Waals surface area contributed by atoms with Crippen LogP contribution < -0.4 is 5.32 Å². The highest BCUT2D eigenvalue weighted by Crippen LogP contribution is 1.97. The second kappa shape index (κ2) is 39.8. The molecule has 0 fully saturated rings. The number of aliphatic hydroxyl groups is 1. The van der Waals surface area contributed by atoms with E-state index in [4.69, 9.17) is 10.2 Å². The van der Waals surface area contributed by atoms with Crippen molar-refractivity contribution in [1.82, 2.24) is 5.32 Å².